The number of halogens is 3. The number of rotatable bonds is 6. The van der Waals surface area contributed by atoms with Crippen molar-refractivity contribution in [2.45, 2.75) is 12.8 Å². The van der Waals surface area contributed by atoms with Crippen LogP contribution >= 0.6 is 45.8 Å². The predicted octanol–water partition coefficient (Wildman–Crippen LogP) is 4.47. The Morgan fingerprint density at radius 1 is 1.08 bits per heavy atom. The minimum Gasteiger partial charge on any atom is -0.325 e. The smallest absolute Gasteiger partial charge is 0.240 e. The molecule has 0 aliphatic heterocycles. The predicted molar refractivity (Wildman–Crippen MR) is 109 cm³/mol. The first-order valence-corrected chi connectivity index (χ1v) is 9.10. The van der Waals surface area contributed by atoms with Crippen molar-refractivity contribution in [3.8, 4) is 0 Å². The number of nitrogens with zero attached hydrogens (tertiary/aromatic N) is 1. The van der Waals surface area contributed by atoms with Crippen LogP contribution in [0.4, 0.5) is 5.69 Å². The molecule has 0 spiro atoms. The van der Waals surface area contributed by atoms with Crippen molar-refractivity contribution in [3.05, 3.63) is 61.6 Å². The fraction of sp³-hybridized carbons (Fsp3) is 0.118. The van der Waals surface area contributed by atoms with E-state index in [1.807, 2.05) is 24.3 Å². The second-order valence-electron chi connectivity index (χ2n) is 5.02. The average molecular weight is 490 g/mol. The summed E-state index contributed by atoms with van der Waals surface area (Å²) in [4.78, 5) is 23.6. The minimum absolute atomic E-state index is 0.00737. The highest BCUT2D eigenvalue weighted by molar-refractivity contribution is 14.1. The van der Waals surface area contributed by atoms with Crippen LogP contribution in [0.15, 0.2) is 47.6 Å². The van der Waals surface area contributed by atoms with Gasteiger partial charge in [0.25, 0.3) is 0 Å². The molecule has 0 aliphatic rings. The first-order valence-electron chi connectivity index (χ1n) is 7.26. The Hall–Kier alpha value is -1.64. The van der Waals surface area contributed by atoms with E-state index in [1.54, 1.807) is 24.4 Å². The maximum atomic E-state index is 11.9. The molecule has 2 aromatic rings. The van der Waals surface area contributed by atoms with E-state index in [9.17, 15) is 9.59 Å². The first kappa shape index (κ1) is 19.7. The number of anilines is 1. The third-order valence-corrected chi connectivity index (χ3v) is 4.27. The summed E-state index contributed by atoms with van der Waals surface area (Å²) in [6.07, 6.45) is 1.56. The highest BCUT2D eigenvalue weighted by Gasteiger charge is 2.09. The summed E-state index contributed by atoms with van der Waals surface area (Å²) in [6.45, 7) is 0. The number of amides is 2. The summed E-state index contributed by atoms with van der Waals surface area (Å²) in [5, 5.41) is 7.33. The second-order valence-corrected chi connectivity index (χ2v) is 7.11. The molecular weight excluding hydrogens is 476 g/mol. The summed E-state index contributed by atoms with van der Waals surface area (Å²) in [6, 6.07) is 12.4. The van der Waals surface area contributed by atoms with Gasteiger partial charge in [0.2, 0.25) is 11.8 Å². The quantitative estimate of drug-likeness (QED) is 0.357. The van der Waals surface area contributed by atoms with Crippen molar-refractivity contribution in [2.24, 2.45) is 5.10 Å². The molecule has 0 bridgehead atoms. The zero-order valence-electron chi connectivity index (χ0n) is 12.9. The van der Waals surface area contributed by atoms with Crippen LogP contribution in [0.2, 0.25) is 10.0 Å². The van der Waals surface area contributed by atoms with E-state index in [-0.39, 0.29) is 24.7 Å². The topological polar surface area (TPSA) is 70.6 Å². The van der Waals surface area contributed by atoms with Crippen molar-refractivity contribution in [1.82, 2.24) is 5.43 Å². The number of benzene rings is 2. The van der Waals surface area contributed by atoms with Crippen molar-refractivity contribution < 1.29 is 9.59 Å². The van der Waals surface area contributed by atoms with Crippen molar-refractivity contribution in [2.75, 3.05) is 5.32 Å². The number of carbonyl (C=O) groups is 2. The van der Waals surface area contributed by atoms with Crippen molar-refractivity contribution in [3.63, 3.8) is 0 Å². The standard InChI is InChI=1S/C17H14Cl2IN3O2/c18-12-4-5-14(19)15(9-12)22-16(24)6-7-17(25)23-21-10-11-2-1-3-13(20)8-11/h1-5,8-10H,6-7H2,(H,22,24)(H,23,25)/b21-10-. The van der Waals surface area contributed by atoms with Crippen LogP contribution in [-0.4, -0.2) is 18.0 Å². The lowest BCUT2D eigenvalue weighted by molar-refractivity contribution is -0.124. The molecule has 130 valence electrons. The SMILES string of the molecule is O=C(CCC(=O)Nc1cc(Cl)ccc1Cl)N/N=C\c1cccc(I)c1. The van der Waals surface area contributed by atoms with Gasteiger partial charge in [-0.3, -0.25) is 9.59 Å². The molecule has 8 heteroatoms. The summed E-state index contributed by atoms with van der Waals surface area (Å²) < 4.78 is 1.07. The average Bonchev–Trinajstić information content (AvgIpc) is 2.56. The van der Waals surface area contributed by atoms with Gasteiger partial charge in [0.15, 0.2) is 0 Å². The zero-order valence-corrected chi connectivity index (χ0v) is 16.6. The Balaban J connectivity index is 1.77. The number of hydrogen-bond donors (Lipinski definition) is 2. The molecule has 2 amide bonds. The molecule has 2 N–H and O–H groups in total. The van der Waals surface area contributed by atoms with Gasteiger partial charge in [-0.05, 0) is 58.5 Å². The highest BCUT2D eigenvalue weighted by Crippen LogP contribution is 2.25. The number of nitrogens with one attached hydrogen (secondary N) is 2. The first-order chi connectivity index (χ1) is 11.9. The molecule has 0 fully saturated rings. The maximum absolute atomic E-state index is 11.9. The van der Waals surface area contributed by atoms with Crippen LogP contribution in [0, 0.1) is 3.57 Å². The Morgan fingerprint density at radius 3 is 2.60 bits per heavy atom. The molecule has 0 unspecified atom stereocenters. The van der Waals surface area contributed by atoms with Crippen LogP contribution in [0.25, 0.3) is 0 Å². The number of carbonyl (C=O) groups excluding carboxylic acids is 2. The molecule has 2 aromatic carbocycles. The molecule has 5 nitrogen and oxygen atoms in total. The van der Waals surface area contributed by atoms with E-state index in [0.717, 1.165) is 9.13 Å². The van der Waals surface area contributed by atoms with E-state index in [2.05, 4.69) is 38.4 Å². The van der Waals surface area contributed by atoms with E-state index in [0.29, 0.717) is 15.7 Å². The minimum atomic E-state index is -0.353. The molecule has 0 aromatic heterocycles. The van der Waals surface area contributed by atoms with Crippen molar-refractivity contribution in [1.29, 1.82) is 0 Å². The lowest BCUT2D eigenvalue weighted by atomic mass is 10.2. The Bertz CT molecular complexity index is 812. The van der Waals surface area contributed by atoms with Gasteiger partial charge in [-0.1, -0.05) is 35.3 Å². The van der Waals surface area contributed by atoms with Gasteiger partial charge in [0, 0.05) is 21.4 Å². The molecule has 0 aliphatic carbocycles. The highest BCUT2D eigenvalue weighted by atomic mass is 127. The Morgan fingerprint density at radius 2 is 1.84 bits per heavy atom. The van der Waals surface area contributed by atoms with E-state index in [4.69, 9.17) is 23.2 Å². The molecule has 0 atom stereocenters. The van der Waals surface area contributed by atoms with Crippen LogP contribution in [0.1, 0.15) is 18.4 Å². The molecule has 0 radical (unpaired) electrons. The van der Waals surface area contributed by atoms with Gasteiger partial charge in [0.1, 0.15) is 0 Å². The van der Waals surface area contributed by atoms with Crippen molar-refractivity contribution >= 4 is 69.5 Å². The monoisotopic (exact) mass is 489 g/mol. The zero-order chi connectivity index (χ0) is 18.2. The molecule has 0 saturated heterocycles. The van der Waals surface area contributed by atoms with Gasteiger partial charge < -0.3 is 5.32 Å². The van der Waals surface area contributed by atoms with Crippen LogP contribution < -0.4 is 10.7 Å². The molecule has 0 heterocycles. The molecule has 0 saturated carbocycles. The second kappa shape index (κ2) is 9.74. The number of hydrogen-bond acceptors (Lipinski definition) is 3. The summed E-state index contributed by atoms with van der Waals surface area (Å²) >= 11 is 14.0. The Labute approximate surface area is 168 Å². The fourth-order valence-electron chi connectivity index (χ4n) is 1.85. The van der Waals surface area contributed by atoms with Crippen LogP contribution in [0.5, 0.6) is 0 Å². The van der Waals surface area contributed by atoms with Gasteiger partial charge in [-0.2, -0.15) is 5.10 Å². The normalized spacial score (nSPS) is 10.7. The van der Waals surface area contributed by atoms with Gasteiger partial charge in [-0.25, -0.2) is 5.43 Å². The van der Waals surface area contributed by atoms with Crippen LogP contribution in [-0.2, 0) is 9.59 Å². The molecule has 25 heavy (non-hydrogen) atoms. The van der Waals surface area contributed by atoms with E-state index in [1.165, 1.54) is 0 Å². The Kier molecular flexibility index (Phi) is 7.67. The fourth-order valence-corrected chi connectivity index (χ4v) is 2.76. The third-order valence-electron chi connectivity index (χ3n) is 3.03. The van der Waals surface area contributed by atoms with Gasteiger partial charge >= 0.3 is 0 Å². The molecule has 2 rings (SSSR count). The maximum Gasteiger partial charge on any atom is 0.240 e. The summed E-state index contributed by atoms with van der Waals surface area (Å²) in [5.41, 5.74) is 3.68. The summed E-state index contributed by atoms with van der Waals surface area (Å²) in [7, 11) is 0. The molecular formula is C17H14Cl2IN3O2. The lowest BCUT2D eigenvalue weighted by Gasteiger charge is -2.07. The van der Waals surface area contributed by atoms with E-state index >= 15 is 0 Å². The lowest BCUT2D eigenvalue weighted by Crippen LogP contribution is -2.20. The third kappa shape index (κ3) is 7.01. The van der Waals surface area contributed by atoms with Gasteiger partial charge in [0.05, 0.1) is 16.9 Å². The number of hydrazone groups is 1. The summed E-state index contributed by atoms with van der Waals surface area (Å²) in [5.74, 6) is -0.685. The largest absolute Gasteiger partial charge is 0.325 e. The van der Waals surface area contributed by atoms with Gasteiger partial charge in [-0.15, -0.1) is 0 Å². The van der Waals surface area contributed by atoms with E-state index < -0.39 is 0 Å². The van der Waals surface area contributed by atoms with Crippen LogP contribution in [0.3, 0.4) is 0 Å².